The number of benzene rings is 1. The number of anilines is 1. The molecule has 142 valence electrons. The fraction of sp³-hybridized carbons (Fsp3) is 0.450. The lowest BCUT2D eigenvalue weighted by atomic mass is 10.2. The van der Waals surface area contributed by atoms with E-state index in [9.17, 15) is 4.79 Å². The summed E-state index contributed by atoms with van der Waals surface area (Å²) >= 11 is 1.73. The lowest BCUT2D eigenvalue weighted by molar-refractivity contribution is 0.0742. The number of aromatic nitrogens is 2. The van der Waals surface area contributed by atoms with Crippen molar-refractivity contribution in [2.24, 2.45) is 0 Å². The summed E-state index contributed by atoms with van der Waals surface area (Å²) in [5.41, 5.74) is 0.796. The van der Waals surface area contributed by atoms with Gasteiger partial charge in [-0.2, -0.15) is 0 Å². The Kier molecular flexibility index (Phi) is 5.89. The molecule has 7 heteroatoms. The van der Waals surface area contributed by atoms with E-state index >= 15 is 0 Å². The number of hydrogen-bond acceptors (Lipinski definition) is 6. The molecule has 2 aliphatic heterocycles. The molecule has 4 rings (SSSR count). The van der Waals surface area contributed by atoms with E-state index in [2.05, 4.69) is 14.9 Å². The Labute approximate surface area is 163 Å². The van der Waals surface area contributed by atoms with E-state index in [1.54, 1.807) is 24.2 Å². The summed E-state index contributed by atoms with van der Waals surface area (Å²) in [5, 5.41) is 0. The number of nitrogens with zero attached hydrogens (tertiary/aromatic N) is 4. The molecule has 6 nitrogen and oxygen atoms in total. The lowest BCUT2D eigenvalue weighted by Crippen LogP contribution is -2.49. The van der Waals surface area contributed by atoms with Gasteiger partial charge < -0.3 is 14.5 Å². The van der Waals surface area contributed by atoms with Gasteiger partial charge in [-0.25, -0.2) is 9.97 Å². The minimum atomic E-state index is 0.110. The molecule has 0 spiro atoms. The molecule has 0 N–H and O–H groups in total. The molecule has 3 heterocycles. The maximum absolute atomic E-state index is 13.1. The Hall–Kier alpha value is -2.12. The van der Waals surface area contributed by atoms with Crippen molar-refractivity contribution in [3.63, 3.8) is 0 Å². The zero-order valence-corrected chi connectivity index (χ0v) is 16.1. The molecule has 2 saturated heterocycles. The van der Waals surface area contributed by atoms with Crippen LogP contribution >= 0.6 is 11.8 Å². The fourth-order valence-electron chi connectivity index (χ4n) is 3.46. The molecule has 1 amide bonds. The third-order valence-corrected chi connectivity index (χ3v) is 6.17. The van der Waals surface area contributed by atoms with Crippen molar-refractivity contribution in [3.8, 4) is 0 Å². The largest absolute Gasteiger partial charge is 0.377 e. The van der Waals surface area contributed by atoms with Gasteiger partial charge in [0.1, 0.15) is 0 Å². The van der Waals surface area contributed by atoms with Crippen molar-refractivity contribution >= 4 is 23.6 Å². The van der Waals surface area contributed by atoms with Crippen molar-refractivity contribution < 1.29 is 9.53 Å². The summed E-state index contributed by atoms with van der Waals surface area (Å²) in [6, 6.07) is 9.74. The number of rotatable bonds is 5. The summed E-state index contributed by atoms with van der Waals surface area (Å²) in [4.78, 5) is 26.8. The first kappa shape index (κ1) is 18.3. The predicted molar refractivity (Wildman–Crippen MR) is 106 cm³/mol. The van der Waals surface area contributed by atoms with E-state index in [4.69, 9.17) is 4.74 Å². The summed E-state index contributed by atoms with van der Waals surface area (Å²) in [6.07, 6.45) is 6.07. The Morgan fingerprint density at radius 2 is 1.89 bits per heavy atom. The topological polar surface area (TPSA) is 58.6 Å². The van der Waals surface area contributed by atoms with E-state index in [0.717, 1.165) is 54.7 Å². The molecule has 0 saturated carbocycles. The molecule has 1 aromatic carbocycles. The van der Waals surface area contributed by atoms with Crippen LogP contribution in [0.4, 0.5) is 5.95 Å². The van der Waals surface area contributed by atoms with Crippen LogP contribution in [0.3, 0.4) is 0 Å². The summed E-state index contributed by atoms with van der Waals surface area (Å²) in [6.45, 7) is 3.73. The van der Waals surface area contributed by atoms with E-state index < -0.39 is 0 Å². The van der Waals surface area contributed by atoms with Gasteiger partial charge in [-0.3, -0.25) is 4.79 Å². The normalized spacial score (nSPS) is 20.1. The highest BCUT2D eigenvalue weighted by Gasteiger charge is 2.25. The minimum absolute atomic E-state index is 0.110. The molecular formula is C20H24N4O2S. The van der Waals surface area contributed by atoms with Gasteiger partial charge in [-0.05, 0) is 31.0 Å². The van der Waals surface area contributed by atoms with Gasteiger partial charge in [0.2, 0.25) is 5.95 Å². The Bertz CT molecular complexity index is 760. The number of carbonyl (C=O) groups is 1. The van der Waals surface area contributed by atoms with Crippen LogP contribution in [0.2, 0.25) is 0 Å². The number of carbonyl (C=O) groups excluding carboxylic acids is 1. The monoisotopic (exact) mass is 384 g/mol. The zero-order valence-electron chi connectivity index (χ0n) is 15.3. The highest BCUT2D eigenvalue weighted by molar-refractivity contribution is 7.99. The van der Waals surface area contributed by atoms with Crippen molar-refractivity contribution in [1.29, 1.82) is 0 Å². The van der Waals surface area contributed by atoms with Crippen molar-refractivity contribution in [2.75, 3.05) is 43.4 Å². The second kappa shape index (κ2) is 8.71. The fourth-order valence-corrected chi connectivity index (χ4v) is 4.58. The third kappa shape index (κ3) is 4.42. The van der Waals surface area contributed by atoms with Gasteiger partial charge in [-0.1, -0.05) is 12.1 Å². The maximum atomic E-state index is 13.1. The second-order valence-corrected chi connectivity index (χ2v) is 7.83. The molecule has 0 bridgehead atoms. The van der Waals surface area contributed by atoms with Crippen LogP contribution in [0.1, 0.15) is 23.2 Å². The number of amides is 1. The number of piperazine rings is 1. The first-order valence-electron chi connectivity index (χ1n) is 9.46. The Morgan fingerprint density at radius 3 is 2.63 bits per heavy atom. The summed E-state index contributed by atoms with van der Waals surface area (Å²) in [7, 11) is 0. The van der Waals surface area contributed by atoms with Gasteiger partial charge >= 0.3 is 0 Å². The SMILES string of the molecule is O=C(c1ccccc1SCC1CCCO1)N1CCN(c2ncccn2)CC1. The van der Waals surface area contributed by atoms with E-state index in [-0.39, 0.29) is 5.91 Å². The van der Waals surface area contributed by atoms with Gasteiger partial charge in [-0.15, -0.1) is 11.8 Å². The molecule has 1 atom stereocenters. The minimum Gasteiger partial charge on any atom is -0.377 e. The summed E-state index contributed by atoms with van der Waals surface area (Å²) in [5.74, 6) is 1.75. The van der Waals surface area contributed by atoms with Crippen molar-refractivity contribution in [1.82, 2.24) is 14.9 Å². The third-order valence-electron chi connectivity index (χ3n) is 4.97. The Morgan fingerprint density at radius 1 is 1.11 bits per heavy atom. The van der Waals surface area contributed by atoms with E-state index in [1.165, 1.54) is 0 Å². The first-order valence-corrected chi connectivity index (χ1v) is 10.4. The smallest absolute Gasteiger partial charge is 0.255 e. The molecule has 27 heavy (non-hydrogen) atoms. The van der Waals surface area contributed by atoms with Crippen LogP contribution < -0.4 is 4.90 Å². The average molecular weight is 385 g/mol. The van der Waals surface area contributed by atoms with E-state index in [0.29, 0.717) is 19.2 Å². The average Bonchev–Trinajstić information content (AvgIpc) is 3.26. The maximum Gasteiger partial charge on any atom is 0.255 e. The van der Waals surface area contributed by atoms with Crippen LogP contribution in [0.5, 0.6) is 0 Å². The molecular weight excluding hydrogens is 360 g/mol. The quantitative estimate of drug-likeness (QED) is 0.739. The van der Waals surface area contributed by atoms with Crippen LogP contribution in [0, 0.1) is 0 Å². The molecule has 0 radical (unpaired) electrons. The lowest BCUT2D eigenvalue weighted by Gasteiger charge is -2.35. The van der Waals surface area contributed by atoms with Crippen molar-refractivity contribution in [2.45, 2.75) is 23.8 Å². The predicted octanol–water partition coefficient (Wildman–Crippen LogP) is 2.71. The Balaban J connectivity index is 1.38. The van der Waals surface area contributed by atoms with Gasteiger partial charge in [0, 0.05) is 55.8 Å². The zero-order chi connectivity index (χ0) is 18.5. The van der Waals surface area contributed by atoms with E-state index in [1.807, 2.05) is 35.2 Å². The van der Waals surface area contributed by atoms with Crippen LogP contribution in [0.15, 0.2) is 47.6 Å². The first-order chi connectivity index (χ1) is 13.3. The molecule has 2 fully saturated rings. The number of ether oxygens (including phenoxy) is 1. The second-order valence-electron chi connectivity index (χ2n) is 6.77. The van der Waals surface area contributed by atoms with Gasteiger partial charge in [0.25, 0.3) is 5.91 Å². The standard InChI is InChI=1S/C20H24N4O2S/c25-19(23-10-12-24(13-11-23)20-21-8-4-9-22-20)17-6-1-2-7-18(17)27-15-16-5-3-14-26-16/h1-2,4,6-9,16H,3,5,10-15H2. The van der Waals surface area contributed by atoms with Crippen LogP contribution in [-0.4, -0.2) is 65.4 Å². The molecule has 1 unspecified atom stereocenters. The molecule has 1 aromatic heterocycles. The molecule has 2 aromatic rings. The summed E-state index contributed by atoms with van der Waals surface area (Å²) < 4.78 is 5.71. The number of hydrogen-bond donors (Lipinski definition) is 0. The van der Waals surface area contributed by atoms with Crippen molar-refractivity contribution in [3.05, 3.63) is 48.3 Å². The molecule has 0 aliphatic carbocycles. The van der Waals surface area contributed by atoms with Gasteiger partial charge in [0.15, 0.2) is 0 Å². The highest BCUT2D eigenvalue weighted by Crippen LogP contribution is 2.28. The molecule has 2 aliphatic rings. The van der Waals surface area contributed by atoms with Crippen LogP contribution in [0.25, 0.3) is 0 Å². The number of thioether (sulfide) groups is 1. The highest BCUT2D eigenvalue weighted by atomic mass is 32.2. The van der Waals surface area contributed by atoms with Gasteiger partial charge in [0.05, 0.1) is 11.7 Å². The van der Waals surface area contributed by atoms with Crippen LogP contribution in [-0.2, 0) is 4.74 Å².